The van der Waals surface area contributed by atoms with Crippen LogP contribution in [-0.2, 0) is 11.2 Å². The Kier molecular flexibility index (Phi) is 5.80. The van der Waals surface area contributed by atoms with Gasteiger partial charge in [0.1, 0.15) is 0 Å². The monoisotopic (exact) mass is 312 g/mol. The van der Waals surface area contributed by atoms with Crippen molar-refractivity contribution in [3.8, 4) is 11.5 Å². The number of rotatable bonds is 6. The molecule has 3 heteroatoms. The predicted octanol–water partition coefficient (Wildman–Crippen LogP) is 4.60. The SMILES string of the molecule is COc1ccccc1OC(=O)C(C)c1cccc(CC(C)C)c1. The molecule has 0 bridgehead atoms. The number of benzene rings is 2. The Balaban J connectivity index is 2.13. The summed E-state index contributed by atoms with van der Waals surface area (Å²) in [5.41, 5.74) is 2.22. The maximum absolute atomic E-state index is 12.4. The van der Waals surface area contributed by atoms with Crippen LogP contribution in [-0.4, -0.2) is 13.1 Å². The summed E-state index contributed by atoms with van der Waals surface area (Å²) in [6.45, 7) is 6.24. The van der Waals surface area contributed by atoms with Crippen molar-refractivity contribution in [1.82, 2.24) is 0 Å². The third-order valence-corrected chi connectivity index (χ3v) is 3.73. The minimum Gasteiger partial charge on any atom is -0.493 e. The number of ether oxygens (including phenoxy) is 2. The molecular formula is C20H24O3. The minimum absolute atomic E-state index is 0.281. The standard InChI is InChI=1S/C20H24O3/c1-14(2)12-16-8-7-9-17(13-16)15(3)20(21)23-19-11-6-5-10-18(19)22-4/h5-11,13-15H,12H2,1-4H3. The highest BCUT2D eigenvalue weighted by atomic mass is 16.6. The first-order chi connectivity index (χ1) is 11.0. The van der Waals surface area contributed by atoms with Crippen molar-refractivity contribution in [2.24, 2.45) is 5.92 Å². The van der Waals surface area contributed by atoms with Gasteiger partial charge in [0.2, 0.25) is 0 Å². The maximum Gasteiger partial charge on any atom is 0.318 e. The average molecular weight is 312 g/mol. The molecule has 3 nitrogen and oxygen atoms in total. The first kappa shape index (κ1) is 17.1. The van der Waals surface area contributed by atoms with Gasteiger partial charge in [0, 0.05) is 0 Å². The second-order valence-electron chi connectivity index (χ2n) is 6.14. The van der Waals surface area contributed by atoms with E-state index in [1.807, 2.05) is 31.2 Å². The van der Waals surface area contributed by atoms with E-state index in [1.165, 1.54) is 5.56 Å². The van der Waals surface area contributed by atoms with Gasteiger partial charge < -0.3 is 9.47 Å². The highest BCUT2D eigenvalue weighted by Crippen LogP contribution is 2.28. The van der Waals surface area contributed by atoms with Crippen LogP contribution >= 0.6 is 0 Å². The fraction of sp³-hybridized carbons (Fsp3) is 0.350. The molecule has 122 valence electrons. The fourth-order valence-corrected chi connectivity index (χ4v) is 2.50. The first-order valence-electron chi connectivity index (χ1n) is 7.94. The quantitative estimate of drug-likeness (QED) is 0.577. The molecule has 0 aliphatic carbocycles. The number of hydrogen-bond acceptors (Lipinski definition) is 3. The summed E-state index contributed by atoms with van der Waals surface area (Å²) in [7, 11) is 1.56. The van der Waals surface area contributed by atoms with Crippen LogP contribution in [0.1, 0.15) is 37.8 Å². The molecule has 2 aromatic carbocycles. The molecule has 2 rings (SSSR count). The van der Waals surface area contributed by atoms with Gasteiger partial charge in [0.25, 0.3) is 0 Å². The van der Waals surface area contributed by atoms with Crippen LogP contribution in [0.3, 0.4) is 0 Å². The molecule has 0 radical (unpaired) electrons. The molecule has 0 aromatic heterocycles. The lowest BCUT2D eigenvalue weighted by Crippen LogP contribution is -2.16. The Morgan fingerprint density at radius 3 is 2.35 bits per heavy atom. The molecule has 0 heterocycles. The first-order valence-corrected chi connectivity index (χ1v) is 7.94. The van der Waals surface area contributed by atoms with E-state index in [9.17, 15) is 4.79 Å². The number of carbonyl (C=O) groups is 1. The summed E-state index contributed by atoms with van der Waals surface area (Å²) in [5.74, 6) is 0.983. The molecule has 1 atom stereocenters. The molecule has 0 amide bonds. The number of hydrogen-bond donors (Lipinski definition) is 0. The van der Waals surface area contributed by atoms with Crippen LogP contribution in [0.15, 0.2) is 48.5 Å². The zero-order valence-electron chi connectivity index (χ0n) is 14.2. The zero-order valence-corrected chi connectivity index (χ0v) is 14.2. The third-order valence-electron chi connectivity index (χ3n) is 3.73. The molecule has 2 aromatic rings. The van der Waals surface area contributed by atoms with Crippen molar-refractivity contribution < 1.29 is 14.3 Å². The van der Waals surface area contributed by atoms with E-state index in [1.54, 1.807) is 19.2 Å². The van der Waals surface area contributed by atoms with Crippen LogP contribution in [0.4, 0.5) is 0 Å². The van der Waals surface area contributed by atoms with Crippen molar-refractivity contribution in [2.75, 3.05) is 7.11 Å². The predicted molar refractivity (Wildman–Crippen MR) is 92.0 cm³/mol. The summed E-state index contributed by atoms with van der Waals surface area (Å²) >= 11 is 0. The summed E-state index contributed by atoms with van der Waals surface area (Å²) < 4.78 is 10.7. The van der Waals surface area contributed by atoms with Crippen LogP contribution in [0.2, 0.25) is 0 Å². The topological polar surface area (TPSA) is 35.5 Å². The molecule has 23 heavy (non-hydrogen) atoms. The molecular weight excluding hydrogens is 288 g/mol. The molecule has 0 N–H and O–H groups in total. The summed E-state index contributed by atoms with van der Waals surface area (Å²) in [4.78, 5) is 12.4. The lowest BCUT2D eigenvalue weighted by Gasteiger charge is -2.15. The van der Waals surface area contributed by atoms with Gasteiger partial charge in [-0.15, -0.1) is 0 Å². The summed E-state index contributed by atoms with van der Waals surface area (Å²) in [6.07, 6.45) is 1.00. The van der Waals surface area contributed by atoms with Gasteiger partial charge in [-0.2, -0.15) is 0 Å². The number of esters is 1. The Morgan fingerprint density at radius 1 is 1.00 bits per heavy atom. The van der Waals surface area contributed by atoms with Gasteiger partial charge in [-0.3, -0.25) is 4.79 Å². The van der Waals surface area contributed by atoms with E-state index >= 15 is 0 Å². The lowest BCUT2D eigenvalue weighted by molar-refractivity contribution is -0.135. The Labute approximate surface area is 138 Å². The Hall–Kier alpha value is -2.29. The van der Waals surface area contributed by atoms with Crippen LogP contribution in [0.5, 0.6) is 11.5 Å². The van der Waals surface area contributed by atoms with E-state index in [2.05, 4.69) is 26.0 Å². The second kappa shape index (κ2) is 7.82. The van der Waals surface area contributed by atoms with Gasteiger partial charge in [0.05, 0.1) is 13.0 Å². The normalized spacial score (nSPS) is 12.0. The van der Waals surface area contributed by atoms with Gasteiger partial charge in [0.15, 0.2) is 11.5 Å². The van der Waals surface area contributed by atoms with E-state index < -0.39 is 0 Å². The molecule has 0 saturated carbocycles. The van der Waals surface area contributed by atoms with Crippen LogP contribution in [0.25, 0.3) is 0 Å². The number of methoxy groups -OCH3 is 1. The third kappa shape index (κ3) is 4.59. The van der Waals surface area contributed by atoms with Gasteiger partial charge in [-0.05, 0) is 42.5 Å². The Morgan fingerprint density at radius 2 is 1.70 bits per heavy atom. The smallest absolute Gasteiger partial charge is 0.318 e. The van der Waals surface area contributed by atoms with Crippen LogP contribution < -0.4 is 9.47 Å². The van der Waals surface area contributed by atoms with E-state index in [0.717, 1.165) is 12.0 Å². The van der Waals surface area contributed by atoms with Crippen molar-refractivity contribution >= 4 is 5.97 Å². The molecule has 0 fully saturated rings. The van der Waals surface area contributed by atoms with E-state index in [0.29, 0.717) is 17.4 Å². The average Bonchev–Trinajstić information content (AvgIpc) is 2.54. The number of carbonyl (C=O) groups excluding carboxylic acids is 1. The van der Waals surface area contributed by atoms with Gasteiger partial charge >= 0.3 is 5.97 Å². The Bertz CT molecular complexity index is 661. The molecule has 0 aliphatic rings. The zero-order chi connectivity index (χ0) is 16.8. The lowest BCUT2D eigenvalue weighted by atomic mass is 9.95. The summed E-state index contributed by atoms with van der Waals surface area (Å²) in [6, 6.07) is 15.3. The number of para-hydroxylation sites is 2. The molecule has 0 spiro atoms. The highest BCUT2D eigenvalue weighted by molar-refractivity contribution is 5.80. The molecule has 0 saturated heterocycles. The van der Waals surface area contributed by atoms with Crippen molar-refractivity contribution in [3.63, 3.8) is 0 Å². The highest BCUT2D eigenvalue weighted by Gasteiger charge is 2.19. The van der Waals surface area contributed by atoms with Crippen LogP contribution in [0, 0.1) is 5.92 Å². The minimum atomic E-state index is -0.327. The van der Waals surface area contributed by atoms with Gasteiger partial charge in [-0.1, -0.05) is 50.2 Å². The van der Waals surface area contributed by atoms with E-state index in [4.69, 9.17) is 9.47 Å². The van der Waals surface area contributed by atoms with Crippen molar-refractivity contribution in [1.29, 1.82) is 0 Å². The maximum atomic E-state index is 12.4. The van der Waals surface area contributed by atoms with Gasteiger partial charge in [-0.25, -0.2) is 0 Å². The largest absolute Gasteiger partial charge is 0.493 e. The summed E-state index contributed by atoms with van der Waals surface area (Å²) in [5, 5.41) is 0. The fourth-order valence-electron chi connectivity index (χ4n) is 2.50. The molecule has 0 aliphatic heterocycles. The second-order valence-corrected chi connectivity index (χ2v) is 6.14. The van der Waals surface area contributed by atoms with Crippen molar-refractivity contribution in [2.45, 2.75) is 33.1 Å². The van der Waals surface area contributed by atoms with Crippen molar-refractivity contribution in [3.05, 3.63) is 59.7 Å². The van der Waals surface area contributed by atoms with E-state index in [-0.39, 0.29) is 11.9 Å². The molecule has 1 unspecified atom stereocenters.